The van der Waals surface area contributed by atoms with Gasteiger partial charge in [0.15, 0.2) is 0 Å². The second-order valence-corrected chi connectivity index (χ2v) is 5.86. The number of aliphatic carboxylic acids is 1. The van der Waals surface area contributed by atoms with Gasteiger partial charge in [-0.2, -0.15) is 0 Å². The van der Waals surface area contributed by atoms with Crippen molar-refractivity contribution in [3.63, 3.8) is 0 Å². The molecule has 21 heavy (non-hydrogen) atoms. The summed E-state index contributed by atoms with van der Waals surface area (Å²) in [6, 6.07) is 6.93. The molecule has 2 unspecified atom stereocenters. The highest BCUT2D eigenvalue weighted by atomic mass is 16.4. The van der Waals surface area contributed by atoms with E-state index < -0.39 is 12.0 Å². The summed E-state index contributed by atoms with van der Waals surface area (Å²) in [5.74, 6) is -1.30. The van der Waals surface area contributed by atoms with Gasteiger partial charge in [-0.15, -0.1) is 6.58 Å². The lowest BCUT2D eigenvalue weighted by molar-refractivity contribution is -0.153. The molecule has 0 bridgehead atoms. The van der Waals surface area contributed by atoms with Crippen molar-refractivity contribution in [2.75, 3.05) is 0 Å². The number of hydrogen-bond donors (Lipinski definition) is 1. The molecule has 2 atom stereocenters. The Bertz CT molecular complexity index is 579. The van der Waals surface area contributed by atoms with Crippen LogP contribution in [0.4, 0.5) is 0 Å². The molecule has 1 aromatic carbocycles. The second-order valence-electron chi connectivity index (χ2n) is 5.86. The third kappa shape index (κ3) is 3.32. The van der Waals surface area contributed by atoms with Crippen molar-refractivity contribution < 1.29 is 14.7 Å². The van der Waals surface area contributed by atoms with Crippen LogP contribution < -0.4 is 0 Å². The molecular weight excluding hydrogens is 266 g/mol. The summed E-state index contributed by atoms with van der Waals surface area (Å²) in [6.07, 6.45) is 0.959. The number of fused-ring (bicyclic) bond motifs is 1. The average molecular weight is 287 g/mol. The summed E-state index contributed by atoms with van der Waals surface area (Å²) >= 11 is 0. The van der Waals surface area contributed by atoms with Gasteiger partial charge in [-0.25, -0.2) is 4.79 Å². The van der Waals surface area contributed by atoms with Crippen molar-refractivity contribution in [2.45, 2.75) is 39.3 Å². The lowest BCUT2D eigenvalue weighted by Gasteiger charge is -2.36. The fourth-order valence-corrected chi connectivity index (χ4v) is 2.87. The van der Waals surface area contributed by atoms with E-state index in [0.717, 1.165) is 16.7 Å². The summed E-state index contributed by atoms with van der Waals surface area (Å²) in [7, 11) is 0. The van der Waals surface area contributed by atoms with Gasteiger partial charge in [0.1, 0.15) is 6.04 Å². The molecule has 0 saturated carbocycles. The van der Waals surface area contributed by atoms with Gasteiger partial charge >= 0.3 is 5.97 Å². The molecule has 0 spiro atoms. The minimum atomic E-state index is -0.944. The number of carbonyl (C=O) groups excluding carboxylic acids is 1. The number of hydrogen-bond acceptors (Lipinski definition) is 2. The zero-order valence-corrected chi connectivity index (χ0v) is 12.5. The molecule has 1 aliphatic rings. The molecule has 1 aliphatic heterocycles. The summed E-state index contributed by atoms with van der Waals surface area (Å²) in [5, 5.41) is 9.44. The molecule has 0 aliphatic carbocycles. The van der Waals surface area contributed by atoms with Crippen LogP contribution in [0.5, 0.6) is 0 Å². The largest absolute Gasteiger partial charge is 0.480 e. The van der Waals surface area contributed by atoms with E-state index in [2.05, 4.69) is 6.58 Å². The normalized spacial score (nSPS) is 18.8. The van der Waals surface area contributed by atoms with Gasteiger partial charge < -0.3 is 10.0 Å². The van der Waals surface area contributed by atoms with E-state index >= 15 is 0 Å². The highest BCUT2D eigenvalue weighted by Crippen LogP contribution is 2.26. The van der Waals surface area contributed by atoms with E-state index in [1.54, 1.807) is 0 Å². The predicted octanol–water partition coefficient (Wildman–Crippen LogP) is 2.63. The Morgan fingerprint density at radius 1 is 1.38 bits per heavy atom. The van der Waals surface area contributed by atoms with E-state index in [1.807, 2.05) is 38.1 Å². The first-order valence-electron chi connectivity index (χ1n) is 7.14. The van der Waals surface area contributed by atoms with Gasteiger partial charge in [-0.05, 0) is 24.5 Å². The molecule has 1 N–H and O–H groups in total. The highest BCUT2D eigenvalue weighted by Gasteiger charge is 2.35. The van der Waals surface area contributed by atoms with Crippen molar-refractivity contribution in [3.05, 3.63) is 47.5 Å². The Kier molecular flexibility index (Phi) is 4.46. The molecule has 4 heteroatoms. The van der Waals surface area contributed by atoms with E-state index in [1.165, 1.54) is 4.90 Å². The predicted molar refractivity (Wildman–Crippen MR) is 80.7 cm³/mol. The Morgan fingerprint density at radius 3 is 2.57 bits per heavy atom. The Hall–Kier alpha value is -2.10. The van der Waals surface area contributed by atoms with Crippen LogP contribution in [0.3, 0.4) is 0 Å². The van der Waals surface area contributed by atoms with E-state index in [4.69, 9.17) is 0 Å². The van der Waals surface area contributed by atoms with E-state index in [-0.39, 0.29) is 11.8 Å². The van der Waals surface area contributed by atoms with Gasteiger partial charge in [-0.3, -0.25) is 4.79 Å². The topological polar surface area (TPSA) is 57.6 Å². The summed E-state index contributed by atoms with van der Waals surface area (Å²) in [5.41, 5.74) is 2.98. The van der Waals surface area contributed by atoms with Gasteiger partial charge in [0.2, 0.25) is 5.91 Å². The van der Waals surface area contributed by atoms with Crippen molar-refractivity contribution in [3.8, 4) is 0 Å². The minimum Gasteiger partial charge on any atom is -0.480 e. The molecule has 1 aromatic rings. The number of nitrogens with zero attached hydrogens (tertiary/aromatic N) is 1. The van der Waals surface area contributed by atoms with Crippen molar-refractivity contribution >= 4 is 11.9 Å². The van der Waals surface area contributed by atoms with Crippen molar-refractivity contribution in [1.29, 1.82) is 0 Å². The zero-order chi connectivity index (χ0) is 15.6. The SMILES string of the molecule is C=C(C)CC(C)C(=O)N1Cc2ccccc2CC1C(=O)O. The maximum atomic E-state index is 12.6. The van der Waals surface area contributed by atoms with Crippen LogP contribution >= 0.6 is 0 Å². The van der Waals surface area contributed by atoms with Gasteiger partial charge in [-0.1, -0.05) is 36.8 Å². The van der Waals surface area contributed by atoms with Crippen LogP contribution in [0.15, 0.2) is 36.4 Å². The second kappa shape index (κ2) is 6.12. The first-order chi connectivity index (χ1) is 9.90. The Morgan fingerprint density at radius 2 is 2.00 bits per heavy atom. The average Bonchev–Trinajstić information content (AvgIpc) is 2.44. The van der Waals surface area contributed by atoms with Crippen LogP contribution in [-0.4, -0.2) is 27.9 Å². The Labute approximate surface area is 125 Å². The smallest absolute Gasteiger partial charge is 0.326 e. The number of allylic oxidation sites excluding steroid dienone is 1. The molecule has 112 valence electrons. The van der Waals surface area contributed by atoms with Crippen LogP contribution in [0.2, 0.25) is 0 Å². The fourth-order valence-electron chi connectivity index (χ4n) is 2.87. The third-order valence-electron chi connectivity index (χ3n) is 3.89. The number of amides is 1. The molecule has 4 nitrogen and oxygen atoms in total. The van der Waals surface area contributed by atoms with Crippen LogP contribution in [0.1, 0.15) is 31.4 Å². The van der Waals surface area contributed by atoms with E-state index in [9.17, 15) is 14.7 Å². The first kappa shape index (κ1) is 15.3. The van der Waals surface area contributed by atoms with Crippen LogP contribution in [0.25, 0.3) is 0 Å². The number of benzene rings is 1. The lowest BCUT2D eigenvalue weighted by atomic mass is 9.92. The zero-order valence-electron chi connectivity index (χ0n) is 12.5. The number of carboxylic acids is 1. The fraction of sp³-hybridized carbons (Fsp3) is 0.412. The molecule has 0 saturated heterocycles. The van der Waals surface area contributed by atoms with E-state index in [0.29, 0.717) is 19.4 Å². The van der Waals surface area contributed by atoms with Gasteiger partial charge in [0.05, 0.1) is 0 Å². The molecule has 1 heterocycles. The minimum absolute atomic E-state index is 0.111. The summed E-state index contributed by atoms with van der Waals surface area (Å²) < 4.78 is 0. The maximum Gasteiger partial charge on any atom is 0.326 e. The highest BCUT2D eigenvalue weighted by molar-refractivity contribution is 5.85. The molecule has 0 aromatic heterocycles. The molecule has 0 fully saturated rings. The molecular formula is C17H21NO3. The van der Waals surface area contributed by atoms with Crippen molar-refractivity contribution in [1.82, 2.24) is 4.90 Å². The summed E-state index contributed by atoms with van der Waals surface area (Å²) in [6.45, 7) is 7.90. The maximum absolute atomic E-state index is 12.6. The third-order valence-corrected chi connectivity index (χ3v) is 3.89. The first-order valence-corrected chi connectivity index (χ1v) is 7.14. The number of rotatable bonds is 4. The lowest BCUT2D eigenvalue weighted by Crippen LogP contribution is -2.50. The quantitative estimate of drug-likeness (QED) is 0.866. The van der Waals surface area contributed by atoms with Gasteiger partial charge in [0.25, 0.3) is 0 Å². The molecule has 2 rings (SSSR count). The van der Waals surface area contributed by atoms with Crippen LogP contribution in [0, 0.1) is 5.92 Å². The monoisotopic (exact) mass is 287 g/mol. The number of carbonyl (C=O) groups is 2. The van der Waals surface area contributed by atoms with Crippen molar-refractivity contribution in [2.24, 2.45) is 5.92 Å². The standard InChI is InChI=1S/C17H21NO3/c1-11(2)8-12(3)16(19)18-10-14-7-5-4-6-13(14)9-15(18)17(20)21/h4-7,12,15H,1,8-10H2,2-3H3,(H,20,21). The van der Waals surface area contributed by atoms with Gasteiger partial charge in [0, 0.05) is 18.9 Å². The molecule has 1 amide bonds. The molecule has 0 radical (unpaired) electrons. The van der Waals surface area contributed by atoms with Crippen LogP contribution in [-0.2, 0) is 22.6 Å². The Balaban J connectivity index is 2.26. The summed E-state index contributed by atoms with van der Waals surface area (Å²) in [4.78, 5) is 25.6. The number of carboxylic acid groups (broad SMARTS) is 1.